The van der Waals surface area contributed by atoms with E-state index in [0.717, 1.165) is 11.1 Å². The fourth-order valence-corrected chi connectivity index (χ4v) is 3.90. The van der Waals surface area contributed by atoms with Crippen LogP contribution in [0.4, 0.5) is 5.69 Å². The average molecular weight is 410 g/mol. The number of aryl methyl sites for hydroxylation is 1. The van der Waals surface area contributed by atoms with Gasteiger partial charge in [-0.3, -0.25) is 9.52 Å². The van der Waals surface area contributed by atoms with E-state index in [9.17, 15) is 13.2 Å². The number of carbonyl (C=O) groups excluding carboxylic acids is 1. The van der Waals surface area contributed by atoms with Crippen LogP contribution < -0.4 is 14.8 Å². The van der Waals surface area contributed by atoms with Gasteiger partial charge in [0.2, 0.25) is 0 Å². The zero-order chi connectivity index (χ0) is 20.9. The fraction of sp³-hybridized carbons (Fsp3) is 0.136. The van der Waals surface area contributed by atoms with Crippen LogP contribution in [0.25, 0.3) is 0 Å². The van der Waals surface area contributed by atoms with Gasteiger partial charge in [-0.25, -0.2) is 8.42 Å². The van der Waals surface area contributed by atoms with Crippen LogP contribution in [0.15, 0.2) is 77.7 Å². The summed E-state index contributed by atoms with van der Waals surface area (Å²) in [6.45, 7) is 2.39. The number of para-hydroxylation sites is 2. The molecule has 3 aromatic carbocycles. The molecule has 150 valence electrons. The average Bonchev–Trinajstić information content (AvgIpc) is 2.72. The van der Waals surface area contributed by atoms with Crippen LogP contribution in [0, 0.1) is 6.92 Å². The van der Waals surface area contributed by atoms with Crippen molar-refractivity contribution in [1.29, 1.82) is 0 Å². The smallest absolute Gasteiger partial charge is 0.262 e. The molecule has 0 aliphatic carbocycles. The van der Waals surface area contributed by atoms with Gasteiger partial charge in [0.15, 0.2) is 0 Å². The molecule has 0 fully saturated rings. The van der Waals surface area contributed by atoms with Crippen molar-refractivity contribution in [3.05, 3.63) is 89.5 Å². The summed E-state index contributed by atoms with van der Waals surface area (Å²) in [5, 5.41) is 2.84. The molecule has 0 aromatic heterocycles. The van der Waals surface area contributed by atoms with Crippen molar-refractivity contribution < 1.29 is 17.9 Å². The number of sulfonamides is 1. The number of rotatable bonds is 7. The highest BCUT2D eigenvalue weighted by molar-refractivity contribution is 7.92. The minimum absolute atomic E-state index is 0.0543. The Morgan fingerprint density at radius 3 is 2.38 bits per heavy atom. The molecular weight excluding hydrogens is 388 g/mol. The summed E-state index contributed by atoms with van der Waals surface area (Å²) in [6, 6.07) is 20.4. The number of ether oxygens (including phenoxy) is 1. The van der Waals surface area contributed by atoms with Crippen LogP contribution >= 0.6 is 0 Å². The van der Waals surface area contributed by atoms with E-state index in [0.29, 0.717) is 23.5 Å². The van der Waals surface area contributed by atoms with Gasteiger partial charge < -0.3 is 10.1 Å². The van der Waals surface area contributed by atoms with Crippen molar-refractivity contribution in [2.75, 3.05) is 11.8 Å². The fourth-order valence-electron chi connectivity index (χ4n) is 2.82. The second-order valence-electron chi connectivity index (χ2n) is 6.50. The number of methoxy groups -OCH3 is 1. The van der Waals surface area contributed by atoms with E-state index < -0.39 is 10.0 Å². The number of anilines is 1. The molecule has 6 nitrogen and oxygen atoms in total. The van der Waals surface area contributed by atoms with Crippen molar-refractivity contribution in [3.63, 3.8) is 0 Å². The molecule has 3 aromatic rings. The lowest BCUT2D eigenvalue weighted by Crippen LogP contribution is -2.23. The van der Waals surface area contributed by atoms with Gasteiger partial charge in [0.25, 0.3) is 15.9 Å². The highest BCUT2D eigenvalue weighted by Gasteiger charge is 2.17. The molecule has 0 heterocycles. The Hall–Kier alpha value is -3.32. The lowest BCUT2D eigenvalue weighted by molar-refractivity contribution is 0.0951. The third-order valence-corrected chi connectivity index (χ3v) is 5.70. The molecule has 0 aliphatic heterocycles. The predicted octanol–water partition coefficient (Wildman–Crippen LogP) is 3.73. The van der Waals surface area contributed by atoms with E-state index in [2.05, 4.69) is 10.0 Å². The van der Waals surface area contributed by atoms with Gasteiger partial charge in [0.05, 0.1) is 17.7 Å². The van der Waals surface area contributed by atoms with Gasteiger partial charge in [-0.15, -0.1) is 0 Å². The molecule has 0 radical (unpaired) electrons. The molecule has 0 aliphatic rings. The molecule has 0 spiro atoms. The van der Waals surface area contributed by atoms with Gasteiger partial charge in [-0.05, 0) is 48.9 Å². The van der Waals surface area contributed by atoms with E-state index in [1.165, 1.54) is 31.4 Å². The first kappa shape index (κ1) is 20.4. The maximum atomic E-state index is 12.6. The minimum Gasteiger partial charge on any atom is -0.495 e. The van der Waals surface area contributed by atoms with Gasteiger partial charge in [0, 0.05) is 12.1 Å². The Morgan fingerprint density at radius 1 is 0.966 bits per heavy atom. The molecule has 7 heteroatoms. The van der Waals surface area contributed by atoms with Crippen LogP contribution in [-0.2, 0) is 16.6 Å². The second kappa shape index (κ2) is 8.79. The Bertz CT molecular complexity index is 1110. The van der Waals surface area contributed by atoms with Gasteiger partial charge in [-0.1, -0.05) is 42.0 Å². The summed E-state index contributed by atoms with van der Waals surface area (Å²) in [5.41, 5.74) is 2.84. The van der Waals surface area contributed by atoms with E-state index >= 15 is 0 Å². The number of nitrogens with one attached hydrogen (secondary N) is 2. The van der Waals surface area contributed by atoms with E-state index in [1.54, 1.807) is 24.3 Å². The number of benzene rings is 3. The summed E-state index contributed by atoms with van der Waals surface area (Å²) in [5.74, 6) is 0.149. The zero-order valence-electron chi connectivity index (χ0n) is 16.2. The first-order chi connectivity index (χ1) is 13.9. The maximum absolute atomic E-state index is 12.6. The van der Waals surface area contributed by atoms with Crippen LogP contribution in [0.3, 0.4) is 0 Å². The van der Waals surface area contributed by atoms with Crippen LogP contribution in [0.1, 0.15) is 21.5 Å². The van der Waals surface area contributed by atoms with E-state index in [-0.39, 0.29) is 10.8 Å². The Labute approximate surface area is 170 Å². The highest BCUT2D eigenvalue weighted by Crippen LogP contribution is 2.26. The molecule has 2 N–H and O–H groups in total. The third-order valence-electron chi connectivity index (χ3n) is 4.31. The summed E-state index contributed by atoms with van der Waals surface area (Å²) < 4.78 is 32.9. The number of hydrogen-bond acceptors (Lipinski definition) is 4. The van der Waals surface area contributed by atoms with Crippen molar-refractivity contribution in [2.24, 2.45) is 0 Å². The van der Waals surface area contributed by atoms with Gasteiger partial charge >= 0.3 is 0 Å². The van der Waals surface area contributed by atoms with Crippen molar-refractivity contribution in [2.45, 2.75) is 18.4 Å². The maximum Gasteiger partial charge on any atom is 0.262 e. The Balaban J connectivity index is 1.69. The van der Waals surface area contributed by atoms with E-state index in [1.807, 2.05) is 31.2 Å². The normalized spacial score (nSPS) is 11.0. The molecular formula is C22H22N2O4S. The predicted molar refractivity (Wildman–Crippen MR) is 113 cm³/mol. The summed E-state index contributed by atoms with van der Waals surface area (Å²) in [6.07, 6.45) is 0. The van der Waals surface area contributed by atoms with Crippen molar-refractivity contribution in [3.8, 4) is 5.75 Å². The zero-order valence-corrected chi connectivity index (χ0v) is 17.0. The SMILES string of the molecule is COc1ccccc1NS(=O)(=O)c1ccc(C(=O)NCc2cccc(C)c2)cc1. The number of amides is 1. The first-order valence-corrected chi connectivity index (χ1v) is 10.5. The van der Waals surface area contributed by atoms with Gasteiger partial charge in [0.1, 0.15) is 5.75 Å². The molecule has 29 heavy (non-hydrogen) atoms. The van der Waals surface area contributed by atoms with Crippen molar-refractivity contribution >= 4 is 21.6 Å². The molecule has 0 saturated heterocycles. The summed E-state index contributed by atoms with van der Waals surface area (Å²) in [4.78, 5) is 12.4. The minimum atomic E-state index is -3.81. The molecule has 1 amide bonds. The van der Waals surface area contributed by atoms with Gasteiger partial charge in [-0.2, -0.15) is 0 Å². The molecule has 0 bridgehead atoms. The quantitative estimate of drug-likeness (QED) is 0.622. The third kappa shape index (κ3) is 5.14. The molecule has 0 saturated carbocycles. The molecule has 0 unspecified atom stereocenters. The number of carbonyl (C=O) groups is 1. The monoisotopic (exact) mass is 410 g/mol. The largest absolute Gasteiger partial charge is 0.495 e. The van der Waals surface area contributed by atoms with E-state index in [4.69, 9.17) is 4.74 Å². The Kier molecular flexibility index (Phi) is 6.19. The lowest BCUT2D eigenvalue weighted by Gasteiger charge is -2.12. The van der Waals surface area contributed by atoms with Crippen LogP contribution in [0.2, 0.25) is 0 Å². The number of hydrogen-bond donors (Lipinski definition) is 2. The standard InChI is InChI=1S/C22H22N2O4S/c1-16-6-5-7-17(14-16)15-23-22(25)18-10-12-19(13-11-18)29(26,27)24-20-8-3-4-9-21(20)28-2/h3-14,24H,15H2,1-2H3,(H,23,25). The molecule has 3 rings (SSSR count). The molecule has 0 atom stereocenters. The highest BCUT2D eigenvalue weighted by atomic mass is 32.2. The first-order valence-electron chi connectivity index (χ1n) is 8.99. The van der Waals surface area contributed by atoms with Crippen molar-refractivity contribution in [1.82, 2.24) is 5.32 Å². The lowest BCUT2D eigenvalue weighted by atomic mass is 10.1. The summed E-state index contributed by atoms with van der Waals surface area (Å²) >= 11 is 0. The second-order valence-corrected chi connectivity index (χ2v) is 8.18. The van der Waals surface area contributed by atoms with Crippen LogP contribution in [-0.4, -0.2) is 21.4 Å². The topological polar surface area (TPSA) is 84.5 Å². The Morgan fingerprint density at radius 2 is 1.69 bits per heavy atom. The summed E-state index contributed by atoms with van der Waals surface area (Å²) in [7, 11) is -2.34. The van der Waals surface area contributed by atoms with Crippen LogP contribution in [0.5, 0.6) is 5.75 Å².